The molecule has 19 heavy (non-hydrogen) atoms. The van der Waals surface area contributed by atoms with Gasteiger partial charge in [0.1, 0.15) is 5.75 Å². The molecule has 106 valence electrons. The lowest BCUT2D eigenvalue weighted by molar-refractivity contribution is -0.134. The van der Waals surface area contributed by atoms with Crippen molar-refractivity contribution in [3.8, 4) is 5.75 Å². The number of hydrogen-bond acceptors (Lipinski definition) is 2. The maximum Gasteiger partial charge on any atom is 0.260 e. The number of aryl methyl sites for hydroxylation is 1. The molecule has 0 N–H and O–H groups in total. The molecule has 1 aliphatic rings. The SMILES string of the molecule is CC.Cc1ccc(OCC(=O)N2CCCCC2)cc1. The highest BCUT2D eigenvalue weighted by atomic mass is 16.5. The van der Waals surface area contributed by atoms with Gasteiger partial charge < -0.3 is 9.64 Å². The van der Waals surface area contributed by atoms with Crippen molar-refractivity contribution in [3.63, 3.8) is 0 Å². The Morgan fingerprint density at radius 2 is 1.68 bits per heavy atom. The predicted molar refractivity (Wildman–Crippen MR) is 78.5 cm³/mol. The molecule has 1 heterocycles. The Kier molecular flexibility index (Phi) is 7.01. The van der Waals surface area contributed by atoms with E-state index in [1.165, 1.54) is 12.0 Å². The van der Waals surface area contributed by atoms with Gasteiger partial charge in [0.05, 0.1) is 0 Å². The van der Waals surface area contributed by atoms with Crippen molar-refractivity contribution in [1.29, 1.82) is 0 Å². The zero-order chi connectivity index (χ0) is 14.1. The summed E-state index contributed by atoms with van der Waals surface area (Å²) in [6.45, 7) is 7.96. The molecule has 1 aromatic rings. The second-order valence-corrected chi connectivity index (χ2v) is 4.54. The third-order valence-electron chi connectivity index (χ3n) is 3.09. The number of piperidine rings is 1. The standard InChI is InChI=1S/C14H19NO2.C2H6/c1-12-5-7-13(8-6-12)17-11-14(16)15-9-3-2-4-10-15;1-2/h5-8H,2-4,9-11H2,1H3;1-2H3. The van der Waals surface area contributed by atoms with Crippen molar-refractivity contribution in [3.05, 3.63) is 29.8 Å². The first-order chi connectivity index (χ1) is 9.25. The molecule has 1 amide bonds. The Hall–Kier alpha value is -1.51. The van der Waals surface area contributed by atoms with Crippen LogP contribution in [-0.4, -0.2) is 30.5 Å². The second-order valence-electron chi connectivity index (χ2n) is 4.54. The van der Waals surface area contributed by atoms with Crippen LogP contribution in [0.4, 0.5) is 0 Å². The van der Waals surface area contributed by atoms with Gasteiger partial charge >= 0.3 is 0 Å². The largest absolute Gasteiger partial charge is 0.484 e. The molecule has 0 aromatic heterocycles. The van der Waals surface area contributed by atoms with Crippen LogP contribution < -0.4 is 4.74 Å². The zero-order valence-electron chi connectivity index (χ0n) is 12.3. The second kappa shape index (κ2) is 8.57. The molecule has 3 nitrogen and oxygen atoms in total. The number of benzene rings is 1. The van der Waals surface area contributed by atoms with Gasteiger partial charge in [-0.3, -0.25) is 4.79 Å². The summed E-state index contributed by atoms with van der Waals surface area (Å²) in [5, 5.41) is 0. The van der Waals surface area contributed by atoms with Crippen molar-refractivity contribution in [2.24, 2.45) is 0 Å². The monoisotopic (exact) mass is 263 g/mol. The number of ether oxygens (including phenoxy) is 1. The van der Waals surface area contributed by atoms with Crippen molar-refractivity contribution in [2.45, 2.75) is 40.0 Å². The molecular weight excluding hydrogens is 238 g/mol. The van der Waals surface area contributed by atoms with Crippen LogP contribution in [0.1, 0.15) is 38.7 Å². The summed E-state index contributed by atoms with van der Waals surface area (Å²) in [5.41, 5.74) is 1.19. The lowest BCUT2D eigenvalue weighted by Crippen LogP contribution is -2.38. The Bertz CT molecular complexity index is 367. The van der Waals surface area contributed by atoms with Gasteiger partial charge in [-0.05, 0) is 38.3 Å². The minimum absolute atomic E-state index is 0.102. The molecule has 2 rings (SSSR count). The van der Waals surface area contributed by atoms with E-state index in [2.05, 4.69) is 0 Å². The number of carbonyl (C=O) groups excluding carboxylic acids is 1. The number of carbonyl (C=O) groups is 1. The summed E-state index contributed by atoms with van der Waals surface area (Å²) in [5.74, 6) is 0.867. The molecule has 0 saturated carbocycles. The van der Waals surface area contributed by atoms with E-state index in [1.54, 1.807) is 0 Å². The molecule has 1 fully saturated rings. The van der Waals surface area contributed by atoms with E-state index in [0.717, 1.165) is 31.7 Å². The van der Waals surface area contributed by atoms with Gasteiger partial charge in [-0.1, -0.05) is 31.5 Å². The van der Waals surface area contributed by atoms with Gasteiger partial charge in [0.25, 0.3) is 5.91 Å². The van der Waals surface area contributed by atoms with E-state index in [9.17, 15) is 4.79 Å². The average molecular weight is 263 g/mol. The summed E-state index contributed by atoms with van der Waals surface area (Å²) in [4.78, 5) is 13.7. The van der Waals surface area contributed by atoms with E-state index < -0.39 is 0 Å². The van der Waals surface area contributed by atoms with Gasteiger partial charge in [0.15, 0.2) is 6.61 Å². The minimum atomic E-state index is 0.102. The smallest absolute Gasteiger partial charge is 0.260 e. The van der Waals surface area contributed by atoms with Crippen molar-refractivity contribution < 1.29 is 9.53 Å². The summed E-state index contributed by atoms with van der Waals surface area (Å²) >= 11 is 0. The first-order valence-corrected chi connectivity index (χ1v) is 7.23. The fraction of sp³-hybridized carbons (Fsp3) is 0.562. The Morgan fingerprint density at radius 3 is 2.26 bits per heavy atom. The molecular formula is C16H25NO2. The maximum atomic E-state index is 11.8. The quantitative estimate of drug-likeness (QED) is 0.836. The molecule has 0 bridgehead atoms. The van der Waals surface area contributed by atoms with Gasteiger partial charge in [-0.25, -0.2) is 0 Å². The van der Waals surface area contributed by atoms with Crippen LogP contribution in [0.5, 0.6) is 5.75 Å². The Balaban J connectivity index is 0.000000861. The highest BCUT2D eigenvalue weighted by Gasteiger charge is 2.16. The third-order valence-corrected chi connectivity index (χ3v) is 3.09. The van der Waals surface area contributed by atoms with Crippen LogP contribution in [0.15, 0.2) is 24.3 Å². The number of rotatable bonds is 3. The summed E-state index contributed by atoms with van der Waals surface area (Å²) < 4.78 is 5.48. The number of likely N-dealkylation sites (tertiary alicyclic amines) is 1. The van der Waals surface area contributed by atoms with E-state index >= 15 is 0 Å². The van der Waals surface area contributed by atoms with Crippen LogP contribution in [0.3, 0.4) is 0 Å². The van der Waals surface area contributed by atoms with Crippen molar-refractivity contribution in [1.82, 2.24) is 4.90 Å². The average Bonchev–Trinajstić information content (AvgIpc) is 2.49. The van der Waals surface area contributed by atoms with Gasteiger partial charge in [0.2, 0.25) is 0 Å². The van der Waals surface area contributed by atoms with Gasteiger partial charge in [-0.2, -0.15) is 0 Å². The first kappa shape index (κ1) is 15.5. The molecule has 0 aliphatic carbocycles. The Labute approximate surface area is 116 Å². The molecule has 0 spiro atoms. The fourth-order valence-corrected chi connectivity index (χ4v) is 2.01. The van der Waals surface area contributed by atoms with E-state index in [1.807, 2.05) is 49.9 Å². The van der Waals surface area contributed by atoms with Crippen LogP contribution in [0.25, 0.3) is 0 Å². The normalized spacial score (nSPS) is 14.4. The lowest BCUT2D eigenvalue weighted by atomic mass is 10.1. The van der Waals surface area contributed by atoms with Crippen LogP contribution >= 0.6 is 0 Å². The number of amides is 1. The molecule has 3 heteroatoms. The van der Waals surface area contributed by atoms with Crippen LogP contribution in [0.2, 0.25) is 0 Å². The summed E-state index contributed by atoms with van der Waals surface area (Å²) in [6, 6.07) is 7.78. The Morgan fingerprint density at radius 1 is 1.11 bits per heavy atom. The van der Waals surface area contributed by atoms with Crippen LogP contribution in [0, 0.1) is 6.92 Å². The molecule has 0 unspecified atom stereocenters. The first-order valence-electron chi connectivity index (χ1n) is 7.23. The molecule has 1 saturated heterocycles. The molecule has 1 aromatic carbocycles. The number of hydrogen-bond donors (Lipinski definition) is 0. The predicted octanol–water partition coefficient (Wildman–Crippen LogP) is 3.41. The van der Waals surface area contributed by atoms with Gasteiger partial charge in [-0.15, -0.1) is 0 Å². The molecule has 1 aliphatic heterocycles. The summed E-state index contributed by atoms with van der Waals surface area (Å²) in [7, 11) is 0. The number of nitrogens with zero attached hydrogens (tertiary/aromatic N) is 1. The highest BCUT2D eigenvalue weighted by Crippen LogP contribution is 2.13. The van der Waals surface area contributed by atoms with E-state index in [0.29, 0.717) is 0 Å². The third kappa shape index (κ3) is 5.33. The topological polar surface area (TPSA) is 29.5 Å². The highest BCUT2D eigenvalue weighted by molar-refractivity contribution is 5.77. The van der Waals surface area contributed by atoms with Crippen LogP contribution in [-0.2, 0) is 4.79 Å². The lowest BCUT2D eigenvalue weighted by Gasteiger charge is -2.26. The van der Waals surface area contributed by atoms with Gasteiger partial charge in [0, 0.05) is 13.1 Å². The zero-order valence-corrected chi connectivity index (χ0v) is 12.3. The maximum absolute atomic E-state index is 11.8. The minimum Gasteiger partial charge on any atom is -0.484 e. The van der Waals surface area contributed by atoms with Crippen molar-refractivity contribution in [2.75, 3.05) is 19.7 Å². The van der Waals surface area contributed by atoms with E-state index in [4.69, 9.17) is 4.74 Å². The summed E-state index contributed by atoms with van der Waals surface area (Å²) in [6.07, 6.45) is 3.48. The van der Waals surface area contributed by atoms with E-state index in [-0.39, 0.29) is 12.5 Å². The fourth-order valence-electron chi connectivity index (χ4n) is 2.01. The van der Waals surface area contributed by atoms with Crippen molar-refractivity contribution >= 4 is 5.91 Å². The molecule has 0 atom stereocenters. The molecule has 0 radical (unpaired) electrons.